The molecule has 212 valence electrons. The van der Waals surface area contributed by atoms with Crippen LogP contribution >= 0.6 is 18.5 Å². The van der Waals surface area contributed by atoms with Crippen molar-refractivity contribution >= 4 is 50.3 Å². The molecule has 0 saturated heterocycles. The molecule has 0 spiro atoms. The molecule has 0 unspecified atom stereocenters. The van der Waals surface area contributed by atoms with Gasteiger partial charge in [0.15, 0.2) is 7.14 Å². The summed E-state index contributed by atoms with van der Waals surface area (Å²) in [6, 6.07) is 20.7. The molecule has 4 aromatic rings. The van der Waals surface area contributed by atoms with Gasteiger partial charge in [-0.2, -0.15) is 26.3 Å². The van der Waals surface area contributed by atoms with Crippen molar-refractivity contribution in [1.82, 2.24) is 0 Å². The average molecular weight is 603 g/mol. The molecule has 0 radical (unpaired) electrons. The zero-order valence-corrected chi connectivity index (χ0v) is 23.9. The SMILES string of the molecule is CCCC1=C(C2=C(c3c(CC)sc4ccccc34)C(F)(F)C(F)(F)C2(F)F)c2ccccc2[P@]1(=O)c1ccccc1. The van der Waals surface area contributed by atoms with Gasteiger partial charge in [-0.15, -0.1) is 11.3 Å². The number of fused-ring (bicyclic) bond motifs is 2. The highest BCUT2D eigenvalue weighted by molar-refractivity contribution is 7.83. The van der Waals surface area contributed by atoms with E-state index >= 15 is 30.9 Å². The van der Waals surface area contributed by atoms with Crippen molar-refractivity contribution in [3.63, 3.8) is 0 Å². The molecule has 1 atom stereocenters. The summed E-state index contributed by atoms with van der Waals surface area (Å²) in [4.78, 5) is 0.307. The van der Waals surface area contributed by atoms with Crippen molar-refractivity contribution < 1.29 is 30.9 Å². The summed E-state index contributed by atoms with van der Waals surface area (Å²) < 4.78 is 111. The highest BCUT2D eigenvalue weighted by atomic mass is 32.1. The summed E-state index contributed by atoms with van der Waals surface area (Å²) in [7, 11) is -3.83. The van der Waals surface area contributed by atoms with Crippen LogP contribution in [0.2, 0.25) is 0 Å². The predicted molar refractivity (Wildman–Crippen MR) is 155 cm³/mol. The van der Waals surface area contributed by atoms with Crippen LogP contribution in [0.3, 0.4) is 0 Å². The van der Waals surface area contributed by atoms with Crippen molar-refractivity contribution in [3.05, 3.63) is 106 Å². The Bertz CT molecular complexity index is 1800. The molecule has 3 aromatic carbocycles. The van der Waals surface area contributed by atoms with Gasteiger partial charge < -0.3 is 4.57 Å². The molecule has 0 N–H and O–H groups in total. The molecular formula is C32H25F6OPS. The second-order valence-corrected chi connectivity index (χ2v) is 14.2. The summed E-state index contributed by atoms with van der Waals surface area (Å²) in [6.07, 6.45) is 0.524. The van der Waals surface area contributed by atoms with Gasteiger partial charge in [-0.1, -0.05) is 93.1 Å². The Hall–Kier alpha value is -3.09. The molecule has 2 aliphatic rings. The van der Waals surface area contributed by atoms with E-state index in [9.17, 15) is 0 Å². The molecule has 2 heterocycles. The summed E-state index contributed by atoms with van der Waals surface area (Å²) in [5.74, 6) is -16.2. The maximum Gasteiger partial charge on any atom is 0.380 e. The second kappa shape index (κ2) is 9.47. The maximum atomic E-state index is 16.2. The van der Waals surface area contributed by atoms with Crippen LogP contribution in [0.5, 0.6) is 0 Å². The topological polar surface area (TPSA) is 17.1 Å². The quantitative estimate of drug-likeness (QED) is 0.159. The number of halogens is 6. The lowest BCUT2D eigenvalue weighted by Crippen LogP contribution is -2.49. The van der Waals surface area contributed by atoms with Gasteiger partial charge in [-0.05, 0) is 30.0 Å². The molecule has 0 saturated carbocycles. The lowest BCUT2D eigenvalue weighted by Gasteiger charge is -2.26. The number of alkyl halides is 6. The summed E-state index contributed by atoms with van der Waals surface area (Å²) >= 11 is 1.12. The Morgan fingerprint density at radius 1 is 0.756 bits per heavy atom. The Morgan fingerprint density at radius 2 is 1.37 bits per heavy atom. The normalized spacial score (nSPS) is 22.5. The summed E-state index contributed by atoms with van der Waals surface area (Å²) in [5, 5.41) is 0.746. The monoisotopic (exact) mass is 602 g/mol. The molecule has 1 nitrogen and oxygen atoms in total. The number of hydrogen-bond donors (Lipinski definition) is 0. The van der Waals surface area contributed by atoms with Crippen LogP contribution in [-0.2, 0) is 11.0 Å². The Morgan fingerprint density at radius 3 is 2.05 bits per heavy atom. The molecule has 1 aliphatic heterocycles. The standard InChI is InChI=1S/C32H25F6OPS/c1-3-12-23-26(20-15-8-10-17-22(20)40(23,39)19-13-6-5-7-14-19)28-29(31(35,36)32(37,38)30(28,33)34)27-21-16-9-11-18-25(21)41-24(27)4-2/h5-11,13-18H,3-4,12H2,1-2H3/t40-/m1/s1. The minimum Gasteiger partial charge on any atom is -0.309 e. The third kappa shape index (κ3) is 3.59. The minimum absolute atomic E-state index is 0.00517. The highest BCUT2D eigenvalue weighted by Gasteiger charge is 2.81. The molecular weight excluding hydrogens is 577 g/mol. The number of aryl methyl sites for hydroxylation is 1. The molecule has 0 fully saturated rings. The first-order valence-corrected chi connectivity index (χ1v) is 15.9. The maximum absolute atomic E-state index is 16.2. The third-order valence-electron chi connectivity index (χ3n) is 7.94. The van der Waals surface area contributed by atoms with Gasteiger partial charge in [0.05, 0.1) is 0 Å². The molecule has 1 aromatic heterocycles. The van der Waals surface area contributed by atoms with Crippen molar-refractivity contribution in [2.24, 2.45) is 0 Å². The number of rotatable bonds is 6. The van der Waals surface area contributed by atoms with Gasteiger partial charge in [0, 0.05) is 47.6 Å². The highest BCUT2D eigenvalue weighted by Crippen LogP contribution is 2.70. The number of benzene rings is 3. The van der Waals surface area contributed by atoms with Crippen molar-refractivity contribution in [3.8, 4) is 0 Å². The van der Waals surface area contributed by atoms with E-state index in [2.05, 4.69) is 0 Å². The number of thiophene rings is 1. The summed E-state index contributed by atoms with van der Waals surface area (Å²) in [6.45, 7) is 3.42. The van der Waals surface area contributed by atoms with Crippen molar-refractivity contribution in [2.45, 2.75) is 50.9 Å². The Labute approximate surface area is 237 Å². The van der Waals surface area contributed by atoms with Gasteiger partial charge in [-0.3, -0.25) is 0 Å². The number of allylic oxidation sites excluding steroid dienone is 4. The largest absolute Gasteiger partial charge is 0.380 e. The molecule has 6 rings (SSSR count). The molecule has 0 amide bonds. The van der Waals surface area contributed by atoms with Crippen LogP contribution in [0.1, 0.15) is 42.7 Å². The zero-order valence-electron chi connectivity index (χ0n) is 22.2. The van der Waals surface area contributed by atoms with Gasteiger partial charge in [0.1, 0.15) is 0 Å². The Kier molecular flexibility index (Phi) is 6.48. The van der Waals surface area contributed by atoms with E-state index in [1.54, 1.807) is 68.4 Å². The number of hydrogen-bond acceptors (Lipinski definition) is 2. The van der Waals surface area contributed by atoms with E-state index < -0.39 is 41.6 Å². The fourth-order valence-electron chi connectivity index (χ4n) is 6.16. The molecule has 0 bridgehead atoms. The third-order valence-corrected chi connectivity index (χ3v) is 12.6. The van der Waals surface area contributed by atoms with Crippen molar-refractivity contribution in [2.75, 3.05) is 0 Å². The van der Waals surface area contributed by atoms with Gasteiger partial charge >= 0.3 is 17.8 Å². The smallest absolute Gasteiger partial charge is 0.309 e. The fraction of sp³-hybridized carbons (Fsp3) is 0.250. The van der Waals surface area contributed by atoms with Gasteiger partial charge in [-0.25, -0.2) is 0 Å². The second-order valence-electron chi connectivity index (χ2n) is 10.3. The first kappa shape index (κ1) is 28.0. The molecule has 41 heavy (non-hydrogen) atoms. The Balaban J connectivity index is 1.84. The lowest BCUT2D eigenvalue weighted by atomic mass is 9.88. The van der Waals surface area contributed by atoms with Crippen LogP contribution in [0.25, 0.3) is 21.2 Å². The van der Waals surface area contributed by atoms with E-state index in [1.165, 1.54) is 24.3 Å². The van der Waals surface area contributed by atoms with E-state index in [0.29, 0.717) is 21.3 Å². The zero-order chi connectivity index (χ0) is 29.4. The van der Waals surface area contributed by atoms with Crippen LogP contribution < -0.4 is 10.6 Å². The first-order chi connectivity index (χ1) is 19.4. The predicted octanol–water partition coefficient (Wildman–Crippen LogP) is 9.68. The average Bonchev–Trinajstić information content (AvgIpc) is 3.48. The van der Waals surface area contributed by atoms with Crippen molar-refractivity contribution in [1.29, 1.82) is 0 Å². The van der Waals surface area contributed by atoms with Crippen LogP contribution in [0.15, 0.2) is 89.8 Å². The summed E-state index contributed by atoms with van der Waals surface area (Å²) in [5.41, 5.74) is -3.49. The van der Waals surface area contributed by atoms with E-state index in [0.717, 1.165) is 11.3 Å². The van der Waals surface area contributed by atoms with Gasteiger partial charge in [0.25, 0.3) is 0 Å². The molecule has 9 heteroatoms. The van der Waals surface area contributed by atoms with Crippen LogP contribution in [-0.4, -0.2) is 17.8 Å². The van der Waals surface area contributed by atoms with E-state index in [4.69, 9.17) is 0 Å². The first-order valence-electron chi connectivity index (χ1n) is 13.3. The fourth-order valence-corrected chi connectivity index (χ4v) is 10.7. The van der Waals surface area contributed by atoms with E-state index in [1.807, 2.05) is 0 Å². The van der Waals surface area contributed by atoms with Crippen LogP contribution in [0.4, 0.5) is 26.3 Å². The van der Waals surface area contributed by atoms with E-state index in [-0.39, 0.29) is 40.0 Å². The lowest BCUT2D eigenvalue weighted by molar-refractivity contribution is -0.258. The van der Waals surface area contributed by atoms with Gasteiger partial charge in [0.2, 0.25) is 0 Å². The minimum atomic E-state index is -5.71. The van der Waals surface area contributed by atoms with Crippen LogP contribution in [0, 0.1) is 0 Å². The molecule has 1 aliphatic carbocycles.